The number of nitrogens with zero attached hydrogens (tertiary/aromatic N) is 2. The van der Waals surface area contributed by atoms with E-state index in [0.29, 0.717) is 13.1 Å². The Bertz CT molecular complexity index is 531. The van der Waals surface area contributed by atoms with E-state index in [1.165, 1.54) is 17.1 Å². The number of piperidine rings is 1. The summed E-state index contributed by atoms with van der Waals surface area (Å²) in [5.74, 6) is -0.157. The minimum atomic E-state index is -0.520. The van der Waals surface area contributed by atoms with Crippen molar-refractivity contribution in [3.8, 4) is 0 Å². The molecule has 23 heavy (non-hydrogen) atoms. The SMILES string of the molecule is CC(C)(C)OC(=O)N1CC2CCCC(C1)C2N1C(=O)C=CC1=O. The molecule has 1 saturated heterocycles. The Labute approximate surface area is 136 Å². The normalized spacial score (nSPS) is 30.8. The molecule has 3 aliphatic rings. The summed E-state index contributed by atoms with van der Waals surface area (Å²) in [6.07, 6.45) is 5.33. The van der Waals surface area contributed by atoms with Gasteiger partial charge in [-0.3, -0.25) is 14.5 Å². The Kier molecular flexibility index (Phi) is 3.94. The van der Waals surface area contributed by atoms with Gasteiger partial charge in [0, 0.05) is 31.3 Å². The van der Waals surface area contributed by atoms with Crippen molar-refractivity contribution in [3.63, 3.8) is 0 Å². The highest BCUT2D eigenvalue weighted by molar-refractivity contribution is 6.13. The summed E-state index contributed by atoms with van der Waals surface area (Å²) in [7, 11) is 0. The van der Waals surface area contributed by atoms with Crippen molar-refractivity contribution in [3.05, 3.63) is 12.2 Å². The van der Waals surface area contributed by atoms with Gasteiger partial charge in [-0.1, -0.05) is 6.42 Å². The van der Waals surface area contributed by atoms with Crippen LogP contribution in [0.25, 0.3) is 0 Å². The molecule has 0 aromatic rings. The van der Waals surface area contributed by atoms with Gasteiger partial charge in [0.2, 0.25) is 0 Å². The second-order valence-electron chi connectivity index (χ2n) is 7.71. The minimum absolute atomic E-state index is 0.0857. The van der Waals surface area contributed by atoms with Gasteiger partial charge in [0.05, 0.1) is 0 Å². The lowest BCUT2D eigenvalue weighted by Gasteiger charge is -2.49. The highest BCUT2D eigenvalue weighted by Crippen LogP contribution is 2.39. The highest BCUT2D eigenvalue weighted by Gasteiger charge is 2.48. The summed E-state index contributed by atoms with van der Waals surface area (Å²) in [5, 5.41) is 0. The number of carbonyl (C=O) groups excluding carboxylic acids is 3. The lowest BCUT2D eigenvalue weighted by atomic mass is 9.72. The predicted octanol–water partition coefficient (Wildman–Crippen LogP) is 1.95. The number of hydrogen-bond acceptors (Lipinski definition) is 4. The van der Waals surface area contributed by atoms with Gasteiger partial charge >= 0.3 is 6.09 Å². The Hall–Kier alpha value is -1.85. The van der Waals surface area contributed by atoms with E-state index in [1.54, 1.807) is 4.90 Å². The van der Waals surface area contributed by atoms with Gasteiger partial charge in [-0.2, -0.15) is 0 Å². The Balaban J connectivity index is 1.75. The standard InChI is InChI=1S/C17H24N2O4/c1-17(2,3)23-16(22)18-9-11-5-4-6-12(10-18)15(11)19-13(20)7-8-14(19)21/h7-8,11-12,15H,4-6,9-10H2,1-3H3. The lowest BCUT2D eigenvalue weighted by Crippen LogP contribution is -2.60. The van der Waals surface area contributed by atoms with Crippen molar-refractivity contribution in [1.29, 1.82) is 0 Å². The maximum absolute atomic E-state index is 12.3. The van der Waals surface area contributed by atoms with Gasteiger partial charge in [-0.15, -0.1) is 0 Å². The molecule has 0 N–H and O–H groups in total. The summed E-state index contributed by atoms with van der Waals surface area (Å²) in [6.45, 7) is 6.66. The molecule has 2 heterocycles. The molecule has 0 aromatic heterocycles. The number of rotatable bonds is 1. The molecule has 1 aliphatic carbocycles. The number of amides is 3. The van der Waals surface area contributed by atoms with Crippen LogP contribution >= 0.6 is 0 Å². The zero-order chi connectivity index (χ0) is 16.8. The maximum Gasteiger partial charge on any atom is 0.410 e. The van der Waals surface area contributed by atoms with Crippen LogP contribution in [0.5, 0.6) is 0 Å². The Morgan fingerprint density at radius 3 is 2.09 bits per heavy atom. The molecule has 2 atom stereocenters. The van der Waals surface area contributed by atoms with E-state index >= 15 is 0 Å². The number of likely N-dealkylation sites (tertiary alicyclic amines) is 1. The predicted molar refractivity (Wildman–Crippen MR) is 83.4 cm³/mol. The van der Waals surface area contributed by atoms with Crippen LogP contribution in [0.2, 0.25) is 0 Å². The van der Waals surface area contributed by atoms with E-state index in [0.717, 1.165) is 19.3 Å². The van der Waals surface area contributed by atoms with Crippen LogP contribution in [0.4, 0.5) is 4.79 Å². The molecule has 6 nitrogen and oxygen atoms in total. The first-order valence-corrected chi connectivity index (χ1v) is 8.29. The third-order valence-electron chi connectivity index (χ3n) is 4.82. The molecule has 126 valence electrons. The summed E-state index contributed by atoms with van der Waals surface area (Å²) >= 11 is 0. The van der Waals surface area contributed by atoms with Gasteiger partial charge in [-0.05, 0) is 45.4 Å². The molecule has 0 spiro atoms. The lowest BCUT2D eigenvalue weighted by molar-refractivity contribution is -0.145. The van der Waals surface area contributed by atoms with Crippen molar-refractivity contribution < 1.29 is 19.1 Å². The quantitative estimate of drug-likeness (QED) is 0.693. The molecule has 6 heteroatoms. The van der Waals surface area contributed by atoms with Crippen LogP contribution in [-0.2, 0) is 14.3 Å². The highest BCUT2D eigenvalue weighted by atomic mass is 16.6. The third-order valence-corrected chi connectivity index (χ3v) is 4.82. The van der Waals surface area contributed by atoms with Crippen molar-refractivity contribution in [2.75, 3.05) is 13.1 Å². The van der Waals surface area contributed by atoms with Crippen molar-refractivity contribution >= 4 is 17.9 Å². The average Bonchev–Trinajstić information content (AvgIpc) is 2.74. The topological polar surface area (TPSA) is 66.9 Å². The largest absolute Gasteiger partial charge is 0.444 e. The molecule has 2 bridgehead atoms. The fourth-order valence-corrected chi connectivity index (χ4v) is 4.01. The zero-order valence-corrected chi connectivity index (χ0v) is 13.9. The molecular weight excluding hydrogens is 296 g/mol. The average molecular weight is 320 g/mol. The van der Waals surface area contributed by atoms with E-state index < -0.39 is 5.60 Å². The minimum Gasteiger partial charge on any atom is -0.444 e. The summed E-state index contributed by atoms with van der Waals surface area (Å²) in [4.78, 5) is 39.6. The summed E-state index contributed by atoms with van der Waals surface area (Å²) in [5.41, 5.74) is -0.520. The zero-order valence-electron chi connectivity index (χ0n) is 13.9. The van der Waals surface area contributed by atoms with E-state index in [4.69, 9.17) is 4.74 Å². The fraction of sp³-hybridized carbons (Fsp3) is 0.706. The smallest absolute Gasteiger partial charge is 0.410 e. The van der Waals surface area contributed by atoms with Crippen LogP contribution in [0, 0.1) is 11.8 Å². The van der Waals surface area contributed by atoms with Crippen LogP contribution in [0.1, 0.15) is 40.0 Å². The van der Waals surface area contributed by atoms with E-state index in [9.17, 15) is 14.4 Å². The number of ether oxygens (including phenoxy) is 1. The number of fused-ring (bicyclic) bond motifs is 2. The van der Waals surface area contributed by atoms with Gasteiger partial charge in [-0.25, -0.2) is 4.79 Å². The second-order valence-corrected chi connectivity index (χ2v) is 7.71. The first-order valence-electron chi connectivity index (χ1n) is 8.29. The molecule has 2 unspecified atom stereocenters. The van der Waals surface area contributed by atoms with Gasteiger partial charge in [0.15, 0.2) is 0 Å². The molecule has 0 aromatic carbocycles. The maximum atomic E-state index is 12.3. The molecular formula is C17H24N2O4. The van der Waals surface area contributed by atoms with Crippen molar-refractivity contribution in [2.24, 2.45) is 11.8 Å². The first kappa shape index (κ1) is 16.0. The van der Waals surface area contributed by atoms with Crippen LogP contribution in [-0.4, -0.2) is 52.4 Å². The van der Waals surface area contributed by atoms with Crippen molar-refractivity contribution in [1.82, 2.24) is 9.80 Å². The van der Waals surface area contributed by atoms with Crippen LogP contribution in [0.3, 0.4) is 0 Å². The first-order chi connectivity index (χ1) is 10.8. The third kappa shape index (κ3) is 3.12. The van der Waals surface area contributed by atoms with E-state index in [1.807, 2.05) is 20.8 Å². The molecule has 3 rings (SSSR count). The fourth-order valence-electron chi connectivity index (χ4n) is 4.01. The number of hydrogen-bond donors (Lipinski definition) is 0. The van der Waals surface area contributed by atoms with Crippen molar-refractivity contribution in [2.45, 2.75) is 51.7 Å². The van der Waals surface area contributed by atoms with E-state index in [2.05, 4.69) is 0 Å². The second kappa shape index (κ2) is 5.65. The van der Waals surface area contributed by atoms with Gasteiger partial charge < -0.3 is 9.64 Å². The number of carbonyl (C=O) groups is 3. The Morgan fingerprint density at radius 1 is 1.09 bits per heavy atom. The molecule has 2 aliphatic heterocycles. The monoisotopic (exact) mass is 320 g/mol. The van der Waals surface area contributed by atoms with Crippen LogP contribution < -0.4 is 0 Å². The van der Waals surface area contributed by atoms with E-state index in [-0.39, 0.29) is 35.8 Å². The molecule has 2 fully saturated rings. The molecule has 0 radical (unpaired) electrons. The van der Waals surface area contributed by atoms with Gasteiger partial charge in [0.25, 0.3) is 11.8 Å². The Morgan fingerprint density at radius 2 is 1.61 bits per heavy atom. The van der Waals surface area contributed by atoms with Gasteiger partial charge in [0.1, 0.15) is 5.60 Å². The van der Waals surface area contributed by atoms with Crippen LogP contribution in [0.15, 0.2) is 12.2 Å². The number of imide groups is 1. The molecule has 3 amide bonds. The summed E-state index contributed by atoms with van der Waals surface area (Å²) < 4.78 is 5.47. The summed E-state index contributed by atoms with van der Waals surface area (Å²) in [6, 6.07) is -0.0857. The molecule has 1 saturated carbocycles.